The third-order valence-corrected chi connectivity index (χ3v) is 4.64. The van der Waals surface area contributed by atoms with Crippen molar-refractivity contribution >= 4 is 39.9 Å². The first-order valence-electron chi connectivity index (χ1n) is 7.89. The van der Waals surface area contributed by atoms with Crippen molar-refractivity contribution in [3.8, 4) is 11.4 Å². The highest BCUT2D eigenvalue weighted by molar-refractivity contribution is 6.31. The van der Waals surface area contributed by atoms with Crippen LogP contribution in [0, 0.1) is 0 Å². The quantitative estimate of drug-likeness (QED) is 0.751. The third-order valence-electron chi connectivity index (χ3n) is 4.16. The zero-order valence-corrected chi connectivity index (χ0v) is 14.5. The van der Waals surface area contributed by atoms with Crippen molar-refractivity contribution in [1.82, 2.24) is 15.3 Å². The van der Waals surface area contributed by atoms with E-state index in [4.69, 9.17) is 33.2 Å². The van der Waals surface area contributed by atoms with Gasteiger partial charge in [0.05, 0.1) is 5.52 Å². The van der Waals surface area contributed by atoms with E-state index in [9.17, 15) is 0 Å². The van der Waals surface area contributed by atoms with E-state index >= 15 is 0 Å². The van der Waals surface area contributed by atoms with E-state index in [1.54, 1.807) is 0 Å². The van der Waals surface area contributed by atoms with E-state index in [1.165, 1.54) is 0 Å². The summed E-state index contributed by atoms with van der Waals surface area (Å²) in [5, 5.41) is 5.77. The molecule has 0 radical (unpaired) electrons. The van der Waals surface area contributed by atoms with Crippen molar-refractivity contribution in [2.24, 2.45) is 0 Å². The molecule has 4 nitrogen and oxygen atoms in total. The monoisotopic (exact) mass is 358 g/mol. The molecule has 2 heterocycles. The summed E-state index contributed by atoms with van der Waals surface area (Å²) in [7, 11) is 0. The average molecular weight is 359 g/mol. The number of benzene rings is 2. The Kier molecular flexibility index (Phi) is 4.27. The van der Waals surface area contributed by atoms with Crippen LogP contribution in [-0.2, 0) is 0 Å². The molecule has 24 heavy (non-hydrogen) atoms. The highest BCUT2D eigenvalue weighted by Gasteiger charge is 2.17. The Balaban J connectivity index is 1.89. The largest absolute Gasteiger partial charge is 0.353 e. The maximum atomic E-state index is 6.17. The number of fused-ring (bicyclic) bond motifs is 1. The van der Waals surface area contributed by atoms with Gasteiger partial charge in [0.25, 0.3) is 0 Å². The molecule has 0 atom stereocenters. The van der Waals surface area contributed by atoms with Crippen LogP contribution in [0.1, 0.15) is 0 Å². The van der Waals surface area contributed by atoms with Gasteiger partial charge in [0.1, 0.15) is 5.82 Å². The molecule has 0 unspecified atom stereocenters. The maximum absolute atomic E-state index is 6.17. The van der Waals surface area contributed by atoms with Gasteiger partial charge in [0.15, 0.2) is 5.82 Å². The van der Waals surface area contributed by atoms with Crippen molar-refractivity contribution in [3.05, 3.63) is 52.5 Å². The smallest absolute Gasteiger partial charge is 0.162 e. The van der Waals surface area contributed by atoms with Gasteiger partial charge in [-0.2, -0.15) is 0 Å². The molecule has 1 saturated heterocycles. The summed E-state index contributed by atoms with van der Waals surface area (Å²) in [6.07, 6.45) is 0. The summed E-state index contributed by atoms with van der Waals surface area (Å²) in [5.41, 5.74) is 1.80. The van der Waals surface area contributed by atoms with E-state index in [-0.39, 0.29) is 0 Å². The fourth-order valence-electron chi connectivity index (χ4n) is 2.93. The molecule has 0 saturated carbocycles. The second-order valence-corrected chi connectivity index (χ2v) is 6.65. The minimum Gasteiger partial charge on any atom is -0.353 e. The van der Waals surface area contributed by atoms with Crippen LogP contribution in [0.25, 0.3) is 22.3 Å². The predicted octanol–water partition coefficient (Wildman–Crippen LogP) is 4.01. The number of halogens is 2. The van der Waals surface area contributed by atoms with E-state index in [0.29, 0.717) is 15.9 Å². The van der Waals surface area contributed by atoms with Crippen molar-refractivity contribution < 1.29 is 0 Å². The summed E-state index contributed by atoms with van der Waals surface area (Å²) >= 11 is 12.2. The normalized spacial score (nSPS) is 15.0. The van der Waals surface area contributed by atoms with Crippen LogP contribution < -0.4 is 10.2 Å². The first kappa shape index (κ1) is 15.6. The second-order valence-electron chi connectivity index (χ2n) is 5.78. The molecule has 1 N–H and O–H groups in total. The molecule has 1 fully saturated rings. The average Bonchev–Trinajstić information content (AvgIpc) is 2.62. The molecule has 1 aliphatic heterocycles. The summed E-state index contributed by atoms with van der Waals surface area (Å²) in [6.45, 7) is 3.76. The number of aromatic nitrogens is 2. The van der Waals surface area contributed by atoms with Gasteiger partial charge in [0, 0.05) is 47.2 Å². The number of hydrogen-bond donors (Lipinski definition) is 1. The van der Waals surface area contributed by atoms with Gasteiger partial charge in [-0.3, -0.25) is 0 Å². The molecule has 122 valence electrons. The Morgan fingerprint density at radius 1 is 0.875 bits per heavy atom. The number of anilines is 1. The van der Waals surface area contributed by atoms with E-state index in [0.717, 1.165) is 48.5 Å². The second kappa shape index (κ2) is 6.55. The minimum atomic E-state index is 0.675. The molecule has 6 heteroatoms. The first-order valence-corrected chi connectivity index (χ1v) is 8.65. The molecule has 1 aliphatic rings. The molecule has 2 aromatic carbocycles. The van der Waals surface area contributed by atoms with E-state index in [1.807, 2.05) is 42.5 Å². The van der Waals surface area contributed by atoms with Gasteiger partial charge < -0.3 is 10.2 Å². The van der Waals surface area contributed by atoms with Gasteiger partial charge in [-0.1, -0.05) is 23.2 Å². The molecule has 0 amide bonds. The van der Waals surface area contributed by atoms with Crippen LogP contribution in [0.3, 0.4) is 0 Å². The fraction of sp³-hybridized carbons (Fsp3) is 0.222. The van der Waals surface area contributed by atoms with Crippen LogP contribution >= 0.6 is 23.2 Å². The molecule has 4 rings (SSSR count). The summed E-state index contributed by atoms with van der Waals surface area (Å²) in [6, 6.07) is 13.4. The Bertz CT molecular complexity index is 874. The van der Waals surface area contributed by atoms with Gasteiger partial charge in [-0.05, 0) is 42.5 Å². The minimum absolute atomic E-state index is 0.675. The Morgan fingerprint density at radius 2 is 1.58 bits per heavy atom. The van der Waals surface area contributed by atoms with Gasteiger partial charge >= 0.3 is 0 Å². The standard InChI is InChI=1S/C18H16Cl2N4/c19-13-3-1-12(2-4-13)17-22-16-11-14(20)5-6-15(16)18(23-17)24-9-7-21-8-10-24/h1-6,11,21H,7-10H2. The fourth-order valence-corrected chi connectivity index (χ4v) is 3.22. The molecule has 1 aromatic heterocycles. The molecule has 0 bridgehead atoms. The lowest BCUT2D eigenvalue weighted by Gasteiger charge is -2.29. The number of rotatable bonds is 2. The van der Waals surface area contributed by atoms with Crippen molar-refractivity contribution in [1.29, 1.82) is 0 Å². The topological polar surface area (TPSA) is 41.1 Å². The van der Waals surface area contributed by atoms with Crippen LogP contribution in [0.5, 0.6) is 0 Å². The van der Waals surface area contributed by atoms with Crippen molar-refractivity contribution in [2.45, 2.75) is 0 Å². The number of piperazine rings is 1. The molecular formula is C18H16Cl2N4. The van der Waals surface area contributed by atoms with Crippen molar-refractivity contribution in [2.75, 3.05) is 31.1 Å². The lowest BCUT2D eigenvalue weighted by Crippen LogP contribution is -2.44. The zero-order chi connectivity index (χ0) is 16.5. The van der Waals surface area contributed by atoms with Gasteiger partial charge in [-0.15, -0.1) is 0 Å². The number of nitrogens with zero attached hydrogens (tertiary/aromatic N) is 3. The van der Waals surface area contributed by atoms with Crippen LogP contribution in [-0.4, -0.2) is 36.1 Å². The summed E-state index contributed by atoms with van der Waals surface area (Å²) in [4.78, 5) is 11.9. The highest BCUT2D eigenvalue weighted by Crippen LogP contribution is 2.30. The predicted molar refractivity (Wildman–Crippen MR) is 100 cm³/mol. The Labute approximate surface area is 150 Å². The lowest BCUT2D eigenvalue weighted by molar-refractivity contribution is 0.586. The first-order chi connectivity index (χ1) is 11.7. The molecule has 3 aromatic rings. The molecular weight excluding hydrogens is 343 g/mol. The summed E-state index contributed by atoms with van der Waals surface area (Å²) in [5.74, 6) is 1.65. The zero-order valence-electron chi connectivity index (χ0n) is 13.0. The number of nitrogens with one attached hydrogen (secondary N) is 1. The van der Waals surface area contributed by atoms with E-state index < -0.39 is 0 Å². The SMILES string of the molecule is Clc1ccc(-c2nc(N3CCNCC3)c3ccc(Cl)cc3n2)cc1. The maximum Gasteiger partial charge on any atom is 0.162 e. The van der Waals surface area contributed by atoms with Gasteiger partial charge in [-0.25, -0.2) is 9.97 Å². The Morgan fingerprint density at radius 3 is 2.33 bits per heavy atom. The molecule has 0 aliphatic carbocycles. The van der Waals surface area contributed by atoms with E-state index in [2.05, 4.69) is 10.2 Å². The van der Waals surface area contributed by atoms with Crippen LogP contribution in [0.15, 0.2) is 42.5 Å². The van der Waals surface area contributed by atoms with Crippen LogP contribution in [0.4, 0.5) is 5.82 Å². The molecule has 0 spiro atoms. The van der Waals surface area contributed by atoms with Crippen LogP contribution in [0.2, 0.25) is 10.0 Å². The van der Waals surface area contributed by atoms with Crippen molar-refractivity contribution in [3.63, 3.8) is 0 Å². The lowest BCUT2D eigenvalue weighted by atomic mass is 10.1. The summed E-state index contributed by atoms with van der Waals surface area (Å²) < 4.78 is 0. The highest BCUT2D eigenvalue weighted by atomic mass is 35.5. The number of hydrogen-bond acceptors (Lipinski definition) is 4. The Hall–Kier alpha value is -1.88. The third kappa shape index (κ3) is 3.05. The van der Waals surface area contributed by atoms with Gasteiger partial charge in [0.2, 0.25) is 0 Å².